The second-order valence-electron chi connectivity index (χ2n) is 3.08. The van der Waals surface area contributed by atoms with Crippen LogP contribution in [0.25, 0.3) is 0 Å². The number of aromatic nitrogens is 2. The molecule has 1 atom stereocenters. The van der Waals surface area contributed by atoms with Crippen molar-refractivity contribution < 1.29 is 0 Å². The van der Waals surface area contributed by atoms with Crippen LogP contribution in [-0.2, 0) is 6.42 Å². The highest BCUT2D eigenvalue weighted by molar-refractivity contribution is 5.25. The Hall–Kier alpha value is -0.920. The third kappa shape index (κ3) is 1.02. The van der Waals surface area contributed by atoms with Crippen LogP contribution < -0.4 is 0 Å². The fourth-order valence-corrected chi connectivity index (χ4v) is 1.79. The summed E-state index contributed by atoms with van der Waals surface area (Å²) >= 11 is 0. The van der Waals surface area contributed by atoms with Crippen molar-refractivity contribution in [3.05, 3.63) is 23.8 Å². The number of aryl methyl sites for hydroxylation is 1. The Morgan fingerprint density at radius 3 is 3.36 bits per heavy atom. The van der Waals surface area contributed by atoms with Gasteiger partial charge in [-0.25, -0.2) is 9.97 Å². The molecule has 0 saturated heterocycles. The standard InChI is InChI=1S/C9H12N2/c1-2-7-3-4-8-5-10-6-11-9(7)8/h5-7H,2-4H2,1H3. The van der Waals surface area contributed by atoms with Crippen LogP contribution in [0.4, 0.5) is 0 Å². The first-order valence-electron chi connectivity index (χ1n) is 4.20. The second kappa shape index (κ2) is 2.61. The van der Waals surface area contributed by atoms with E-state index in [1.54, 1.807) is 6.33 Å². The monoisotopic (exact) mass is 148 g/mol. The quantitative estimate of drug-likeness (QED) is 0.608. The molecule has 0 N–H and O–H groups in total. The lowest BCUT2D eigenvalue weighted by Gasteiger charge is -2.04. The molecule has 0 amide bonds. The number of hydrogen-bond donors (Lipinski definition) is 0. The van der Waals surface area contributed by atoms with Crippen LogP contribution in [0.2, 0.25) is 0 Å². The molecule has 0 saturated carbocycles. The summed E-state index contributed by atoms with van der Waals surface area (Å²) in [7, 11) is 0. The largest absolute Gasteiger partial charge is 0.245 e. The van der Waals surface area contributed by atoms with Gasteiger partial charge >= 0.3 is 0 Å². The number of rotatable bonds is 1. The van der Waals surface area contributed by atoms with Gasteiger partial charge in [-0.3, -0.25) is 0 Å². The maximum atomic E-state index is 4.30. The van der Waals surface area contributed by atoms with Crippen molar-refractivity contribution in [2.75, 3.05) is 0 Å². The van der Waals surface area contributed by atoms with Gasteiger partial charge in [-0.05, 0) is 24.8 Å². The zero-order chi connectivity index (χ0) is 7.68. The van der Waals surface area contributed by atoms with Crippen LogP contribution in [0, 0.1) is 0 Å². The Labute approximate surface area is 66.7 Å². The van der Waals surface area contributed by atoms with Crippen LogP contribution in [0.1, 0.15) is 36.9 Å². The summed E-state index contributed by atoms with van der Waals surface area (Å²) in [6, 6.07) is 0. The molecule has 0 bridgehead atoms. The number of hydrogen-bond acceptors (Lipinski definition) is 2. The second-order valence-corrected chi connectivity index (χ2v) is 3.08. The van der Waals surface area contributed by atoms with E-state index < -0.39 is 0 Å². The zero-order valence-electron chi connectivity index (χ0n) is 6.75. The van der Waals surface area contributed by atoms with Crippen LogP contribution >= 0.6 is 0 Å². The van der Waals surface area contributed by atoms with Crippen molar-refractivity contribution in [2.24, 2.45) is 0 Å². The lowest BCUT2D eigenvalue weighted by atomic mass is 10.0. The van der Waals surface area contributed by atoms with Crippen molar-refractivity contribution >= 4 is 0 Å². The highest BCUT2D eigenvalue weighted by Crippen LogP contribution is 2.32. The minimum atomic E-state index is 0.702. The van der Waals surface area contributed by atoms with E-state index >= 15 is 0 Å². The van der Waals surface area contributed by atoms with Crippen molar-refractivity contribution in [3.63, 3.8) is 0 Å². The van der Waals surface area contributed by atoms with Crippen molar-refractivity contribution in [1.82, 2.24) is 9.97 Å². The van der Waals surface area contributed by atoms with Crippen LogP contribution in [-0.4, -0.2) is 9.97 Å². The van der Waals surface area contributed by atoms with Crippen LogP contribution in [0.3, 0.4) is 0 Å². The Morgan fingerprint density at radius 1 is 1.64 bits per heavy atom. The molecule has 58 valence electrons. The first-order chi connectivity index (χ1) is 5.42. The Bertz CT molecular complexity index is 257. The summed E-state index contributed by atoms with van der Waals surface area (Å²) in [5.41, 5.74) is 2.65. The number of fused-ring (bicyclic) bond motifs is 1. The molecule has 0 aromatic carbocycles. The van der Waals surface area contributed by atoms with Crippen LogP contribution in [0.15, 0.2) is 12.5 Å². The van der Waals surface area contributed by atoms with E-state index in [0.29, 0.717) is 5.92 Å². The molecule has 1 heterocycles. The van der Waals surface area contributed by atoms with Gasteiger partial charge in [-0.1, -0.05) is 6.92 Å². The molecule has 11 heavy (non-hydrogen) atoms. The summed E-state index contributed by atoms with van der Waals surface area (Å²) in [4.78, 5) is 8.31. The van der Waals surface area contributed by atoms with Crippen LogP contribution in [0.5, 0.6) is 0 Å². The van der Waals surface area contributed by atoms with Gasteiger partial charge in [0, 0.05) is 12.1 Å². The van der Waals surface area contributed by atoms with Gasteiger partial charge in [0.25, 0.3) is 0 Å². The lowest BCUT2D eigenvalue weighted by molar-refractivity contribution is 0.642. The van der Waals surface area contributed by atoms with Gasteiger partial charge in [-0.2, -0.15) is 0 Å². The Balaban J connectivity index is 2.39. The topological polar surface area (TPSA) is 25.8 Å². The van der Waals surface area contributed by atoms with E-state index in [9.17, 15) is 0 Å². The lowest BCUT2D eigenvalue weighted by Crippen LogP contribution is -1.94. The minimum Gasteiger partial charge on any atom is -0.245 e. The first kappa shape index (κ1) is 6.77. The Morgan fingerprint density at radius 2 is 2.55 bits per heavy atom. The zero-order valence-corrected chi connectivity index (χ0v) is 6.75. The minimum absolute atomic E-state index is 0.702. The molecule has 1 aromatic heterocycles. The van der Waals surface area contributed by atoms with E-state index in [0.717, 1.165) is 0 Å². The van der Waals surface area contributed by atoms with Gasteiger partial charge < -0.3 is 0 Å². The van der Waals surface area contributed by atoms with Gasteiger partial charge in [0.15, 0.2) is 0 Å². The molecule has 2 rings (SSSR count). The smallest absolute Gasteiger partial charge is 0.115 e. The summed E-state index contributed by atoms with van der Waals surface area (Å²) in [6.07, 6.45) is 7.27. The molecular weight excluding hydrogens is 136 g/mol. The molecule has 0 fully saturated rings. The molecule has 2 nitrogen and oxygen atoms in total. The van der Waals surface area contributed by atoms with Crippen molar-refractivity contribution in [3.8, 4) is 0 Å². The molecule has 0 aliphatic heterocycles. The average Bonchev–Trinajstić information content (AvgIpc) is 2.47. The molecule has 1 aliphatic rings. The third-order valence-corrected chi connectivity index (χ3v) is 2.46. The molecule has 0 spiro atoms. The van der Waals surface area contributed by atoms with Crippen molar-refractivity contribution in [1.29, 1.82) is 0 Å². The van der Waals surface area contributed by atoms with Crippen molar-refractivity contribution in [2.45, 2.75) is 32.1 Å². The summed E-state index contributed by atoms with van der Waals surface area (Å²) in [5, 5.41) is 0. The van der Waals surface area contributed by atoms with Gasteiger partial charge in [0.2, 0.25) is 0 Å². The van der Waals surface area contributed by atoms with E-state index in [-0.39, 0.29) is 0 Å². The van der Waals surface area contributed by atoms with E-state index in [2.05, 4.69) is 16.9 Å². The maximum Gasteiger partial charge on any atom is 0.115 e. The molecule has 2 heteroatoms. The molecular formula is C9H12N2. The van der Waals surface area contributed by atoms with E-state index in [1.165, 1.54) is 30.5 Å². The normalized spacial score (nSPS) is 21.7. The molecule has 1 aliphatic carbocycles. The van der Waals surface area contributed by atoms with Gasteiger partial charge in [0.05, 0.1) is 5.69 Å². The van der Waals surface area contributed by atoms with E-state index in [4.69, 9.17) is 0 Å². The highest BCUT2D eigenvalue weighted by Gasteiger charge is 2.21. The summed E-state index contributed by atoms with van der Waals surface area (Å²) in [6.45, 7) is 2.22. The number of nitrogens with zero attached hydrogens (tertiary/aromatic N) is 2. The molecule has 1 aromatic rings. The third-order valence-electron chi connectivity index (χ3n) is 2.46. The van der Waals surface area contributed by atoms with Gasteiger partial charge in [-0.15, -0.1) is 0 Å². The fourth-order valence-electron chi connectivity index (χ4n) is 1.79. The SMILES string of the molecule is CCC1CCc2cncnc21. The molecule has 1 unspecified atom stereocenters. The average molecular weight is 148 g/mol. The summed E-state index contributed by atoms with van der Waals surface area (Å²) < 4.78 is 0. The summed E-state index contributed by atoms with van der Waals surface area (Å²) in [5.74, 6) is 0.702. The van der Waals surface area contributed by atoms with Gasteiger partial charge in [0.1, 0.15) is 6.33 Å². The fraction of sp³-hybridized carbons (Fsp3) is 0.556. The maximum absolute atomic E-state index is 4.30. The molecule has 0 radical (unpaired) electrons. The highest BCUT2D eigenvalue weighted by atomic mass is 14.8. The first-order valence-corrected chi connectivity index (χ1v) is 4.20. The van der Waals surface area contributed by atoms with E-state index in [1.807, 2.05) is 6.20 Å². The predicted octanol–water partition coefficient (Wildman–Crippen LogP) is 1.92. The predicted molar refractivity (Wildman–Crippen MR) is 43.4 cm³/mol. The Kier molecular flexibility index (Phi) is 1.60.